The average Bonchev–Trinajstić information content (AvgIpc) is 3.28. The Balaban J connectivity index is 1.50. The predicted molar refractivity (Wildman–Crippen MR) is 98.7 cm³/mol. The largest absolute Gasteiger partial charge is 0.486 e. The summed E-state index contributed by atoms with van der Waals surface area (Å²) >= 11 is 0. The minimum absolute atomic E-state index is 0.0310. The van der Waals surface area contributed by atoms with Crippen molar-refractivity contribution in [3.63, 3.8) is 0 Å². The highest BCUT2D eigenvalue weighted by molar-refractivity contribution is 5.93. The lowest BCUT2D eigenvalue weighted by Gasteiger charge is -2.18. The summed E-state index contributed by atoms with van der Waals surface area (Å²) in [7, 11) is 0. The number of aromatic carboxylic acids is 1. The summed E-state index contributed by atoms with van der Waals surface area (Å²) in [6.45, 7) is 4.28. The fraction of sp³-hybridized carbons (Fsp3) is 0.263. The van der Waals surface area contributed by atoms with Gasteiger partial charge in [-0.25, -0.2) is 9.48 Å². The van der Waals surface area contributed by atoms with E-state index in [9.17, 15) is 9.59 Å². The number of ether oxygens (including phenoxy) is 2. The van der Waals surface area contributed by atoms with Gasteiger partial charge in [0, 0.05) is 6.07 Å². The molecule has 0 fully saturated rings. The van der Waals surface area contributed by atoms with Gasteiger partial charge in [0.05, 0.1) is 17.9 Å². The lowest BCUT2D eigenvalue weighted by molar-refractivity contribution is 0.0694. The molecule has 3 heterocycles. The maximum atomic E-state index is 12.5. The summed E-state index contributed by atoms with van der Waals surface area (Å²) in [6, 6.07) is 6.74. The number of carboxylic acid groups (broad SMARTS) is 1. The van der Waals surface area contributed by atoms with E-state index in [-0.39, 0.29) is 23.6 Å². The van der Waals surface area contributed by atoms with Crippen molar-refractivity contribution in [1.82, 2.24) is 20.3 Å². The molecule has 3 aromatic rings. The van der Waals surface area contributed by atoms with Crippen molar-refractivity contribution in [3.05, 3.63) is 52.7 Å². The molecule has 0 aliphatic carbocycles. The highest BCUT2D eigenvalue weighted by Gasteiger charge is 2.20. The summed E-state index contributed by atoms with van der Waals surface area (Å²) in [5, 5.41) is 19.8. The van der Waals surface area contributed by atoms with Gasteiger partial charge in [-0.15, -0.1) is 5.10 Å². The van der Waals surface area contributed by atoms with Crippen LogP contribution in [0.2, 0.25) is 0 Å². The van der Waals surface area contributed by atoms with Gasteiger partial charge in [-0.1, -0.05) is 5.21 Å². The number of hydrogen-bond donors (Lipinski definition) is 2. The maximum Gasteiger partial charge on any atom is 0.339 e. The number of carbonyl (C=O) groups excluding carboxylic acids is 1. The SMILES string of the molecule is Cc1oc(CNC(=O)c2nnn(-c3ccc4c(c3)OCCO4)c2C)cc1C(=O)O. The fourth-order valence-corrected chi connectivity index (χ4v) is 3.04. The second kappa shape index (κ2) is 7.30. The molecule has 1 aromatic carbocycles. The van der Waals surface area contributed by atoms with E-state index in [2.05, 4.69) is 15.6 Å². The number of nitrogens with one attached hydrogen (secondary N) is 1. The standard InChI is InChI=1S/C19H18N4O6/c1-10-17(18(24)20-9-13-8-14(19(25)26)11(2)29-13)21-22-23(10)12-3-4-15-16(7-12)28-6-5-27-15/h3-4,7-8H,5-6,9H2,1-2H3,(H,20,24)(H,25,26). The first kappa shape index (κ1) is 18.5. The lowest BCUT2D eigenvalue weighted by Crippen LogP contribution is -2.24. The molecule has 0 bridgehead atoms. The normalized spacial score (nSPS) is 12.6. The Kier molecular flexibility index (Phi) is 4.67. The predicted octanol–water partition coefficient (Wildman–Crippen LogP) is 1.88. The van der Waals surface area contributed by atoms with Gasteiger partial charge in [0.15, 0.2) is 17.2 Å². The van der Waals surface area contributed by atoms with Crippen molar-refractivity contribution in [3.8, 4) is 17.2 Å². The monoisotopic (exact) mass is 398 g/mol. The van der Waals surface area contributed by atoms with Gasteiger partial charge in [0.25, 0.3) is 5.91 Å². The third-order valence-electron chi connectivity index (χ3n) is 4.50. The fourth-order valence-electron chi connectivity index (χ4n) is 3.04. The van der Waals surface area contributed by atoms with Crippen LogP contribution in [-0.4, -0.2) is 45.2 Å². The summed E-state index contributed by atoms with van der Waals surface area (Å²) < 4.78 is 18.0. The van der Waals surface area contributed by atoms with Crippen LogP contribution in [0.15, 0.2) is 28.7 Å². The van der Waals surface area contributed by atoms with E-state index in [1.54, 1.807) is 32.0 Å². The van der Waals surface area contributed by atoms with Crippen molar-refractivity contribution in [2.75, 3.05) is 13.2 Å². The molecule has 1 amide bonds. The van der Waals surface area contributed by atoms with E-state index in [0.717, 1.165) is 0 Å². The van der Waals surface area contributed by atoms with Crippen LogP contribution in [0, 0.1) is 13.8 Å². The van der Waals surface area contributed by atoms with Crippen LogP contribution in [0.4, 0.5) is 0 Å². The van der Waals surface area contributed by atoms with E-state index < -0.39 is 11.9 Å². The van der Waals surface area contributed by atoms with E-state index >= 15 is 0 Å². The molecule has 2 N–H and O–H groups in total. The summed E-state index contributed by atoms with van der Waals surface area (Å²) in [5.74, 6) is 0.356. The number of aryl methyl sites for hydroxylation is 1. The average molecular weight is 398 g/mol. The smallest absolute Gasteiger partial charge is 0.339 e. The Hall–Kier alpha value is -3.82. The molecule has 0 radical (unpaired) electrons. The first-order chi connectivity index (χ1) is 13.9. The van der Waals surface area contributed by atoms with Gasteiger partial charge in [-0.2, -0.15) is 0 Å². The zero-order chi connectivity index (χ0) is 20.5. The Morgan fingerprint density at radius 2 is 1.93 bits per heavy atom. The van der Waals surface area contributed by atoms with Crippen LogP contribution in [0.3, 0.4) is 0 Å². The van der Waals surface area contributed by atoms with Crippen LogP contribution in [-0.2, 0) is 6.54 Å². The molecule has 1 aliphatic heterocycles. The number of nitrogens with zero attached hydrogens (tertiary/aromatic N) is 3. The number of aromatic nitrogens is 3. The quantitative estimate of drug-likeness (QED) is 0.666. The minimum Gasteiger partial charge on any atom is -0.486 e. The molecule has 0 atom stereocenters. The second-order valence-corrected chi connectivity index (χ2v) is 6.43. The summed E-state index contributed by atoms with van der Waals surface area (Å²) in [4.78, 5) is 23.6. The number of amides is 1. The summed E-state index contributed by atoms with van der Waals surface area (Å²) in [6.07, 6.45) is 0. The van der Waals surface area contributed by atoms with Crippen molar-refractivity contribution in [2.45, 2.75) is 20.4 Å². The number of carboxylic acids is 1. The van der Waals surface area contributed by atoms with Gasteiger partial charge >= 0.3 is 5.97 Å². The van der Waals surface area contributed by atoms with Gasteiger partial charge in [-0.05, 0) is 32.0 Å². The summed E-state index contributed by atoms with van der Waals surface area (Å²) in [5.41, 5.74) is 1.45. The minimum atomic E-state index is -1.08. The Morgan fingerprint density at radius 3 is 2.66 bits per heavy atom. The van der Waals surface area contributed by atoms with Crippen molar-refractivity contribution in [1.29, 1.82) is 0 Å². The highest BCUT2D eigenvalue weighted by atomic mass is 16.6. The number of benzene rings is 1. The third kappa shape index (κ3) is 3.51. The molecule has 29 heavy (non-hydrogen) atoms. The van der Waals surface area contributed by atoms with Gasteiger partial charge in [-0.3, -0.25) is 4.79 Å². The van der Waals surface area contributed by atoms with E-state index in [4.69, 9.17) is 19.0 Å². The zero-order valence-corrected chi connectivity index (χ0v) is 15.8. The van der Waals surface area contributed by atoms with Crippen molar-refractivity contribution >= 4 is 11.9 Å². The molecule has 0 unspecified atom stereocenters. The molecule has 0 saturated heterocycles. The Bertz CT molecular complexity index is 1100. The number of fused-ring (bicyclic) bond motifs is 1. The molecular formula is C19H18N4O6. The third-order valence-corrected chi connectivity index (χ3v) is 4.50. The number of furan rings is 1. The number of carbonyl (C=O) groups is 2. The van der Waals surface area contributed by atoms with E-state index in [1.165, 1.54) is 10.7 Å². The molecule has 4 rings (SSSR count). The van der Waals surface area contributed by atoms with Crippen LogP contribution < -0.4 is 14.8 Å². The van der Waals surface area contributed by atoms with Crippen LogP contribution in [0.25, 0.3) is 5.69 Å². The van der Waals surface area contributed by atoms with Crippen molar-refractivity contribution in [2.24, 2.45) is 0 Å². The van der Waals surface area contributed by atoms with E-state index in [0.29, 0.717) is 41.9 Å². The Morgan fingerprint density at radius 1 is 1.17 bits per heavy atom. The van der Waals surface area contributed by atoms with Gasteiger partial charge < -0.3 is 24.3 Å². The Labute approximate surface area is 165 Å². The zero-order valence-electron chi connectivity index (χ0n) is 15.8. The first-order valence-corrected chi connectivity index (χ1v) is 8.87. The molecule has 10 heteroatoms. The first-order valence-electron chi connectivity index (χ1n) is 8.87. The maximum absolute atomic E-state index is 12.5. The topological polar surface area (TPSA) is 129 Å². The van der Waals surface area contributed by atoms with Gasteiger partial charge in [0.2, 0.25) is 0 Å². The van der Waals surface area contributed by atoms with Crippen LogP contribution in [0.5, 0.6) is 11.5 Å². The molecule has 0 saturated carbocycles. The number of rotatable bonds is 5. The second-order valence-electron chi connectivity index (χ2n) is 6.43. The van der Waals surface area contributed by atoms with E-state index in [1.807, 2.05) is 0 Å². The lowest BCUT2D eigenvalue weighted by atomic mass is 10.2. The number of hydrogen-bond acceptors (Lipinski definition) is 7. The molecule has 150 valence electrons. The van der Waals surface area contributed by atoms with Gasteiger partial charge in [0.1, 0.15) is 30.3 Å². The molecule has 0 spiro atoms. The molecular weight excluding hydrogens is 380 g/mol. The van der Waals surface area contributed by atoms with Crippen molar-refractivity contribution < 1.29 is 28.6 Å². The molecule has 10 nitrogen and oxygen atoms in total. The van der Waals surface area contributed by atoms with Crippen LogP contribution in [0.1, 0.15) is 38.1 Å². The molecule has 1 aliphatic rings. The highest BCUT2D eigenvalue weighted by Crippen LogP contribution is 2.32. The van der Waals surface area contributed by atoms with Crippen LogP contribution >= 0.6 is 0 Å². The molecule has 2 aromatic heterocycles.